The Kier molecular flexibility index (Phi) is 3.54. The Morgan fingerprint density at radius 1 is 1.21 bits per heavy atom. The maximum absolute atomic E-state index is 12.9. The molecule has 1 aromatic carbocycles. The molecule has 0 saturated carbocycles. The lowest BCUT2D eigenvalue weighted by molar-refractivity contribution is -0.120. The van der Waals surface area contributed by atoms with E-state index in [1.54, 1.807) is 40.4 Å². The summed E-state index contributed by atoms with van der Waals surface area (Å²) in [4.78, 5) is 17.2. The first-order chi connectivity index (χ1) is 11.8. The van der Waals surface area contributed by atoms with E-state index < -0.39 is 6.17 Å². The second-order valence-electron chi connectivity index (χ2n) is 5.29. The minimum absolute atomic E-state index is 0.246. The fourth-order valence-electron chi connectivity index (χ4n) is 2.60. The minimum Gasteiger partial charge on any atom is -0.372 e. The Balaban J connectivity index is 1.72. The van der Waals surface area contributed by atoms with Crippen molar-refractivity contribution in [2.45, 2.75) is 12.7 Å². The lowest BCUT2D eigenvalue weighted by Gasteiger charge is -2.20. The van der Waals surface area contributed by atoms with Crippen molar-refractivity contribution in [3.8, 4) is 0 Å². The van der Waals surface area contributed by atoms with Crippen LogP contribution in [-0.2, 0) is 11.3 Å². The molecule has 4 rings (SSSR count). The zero-order chi connectivity index (χ0) is 16.4. The van der Waals surface area contributed by atoms with Crippen LogP contribution in [0.1, 0.15) is 11.7 Å². The van der Waals surface area contributed by atoms with Gasteiger partial charge in [0.1, 0.15) is 0 Å². The number of benzene rings is 1. The molecule has 0 radical (unpaired) electrons. The van der Waals surface area contributed by atoms with Gasteiger partial charge < -0.3 is 10.6 Å². The first-order valence-electron chi connectivity index (χ1n) is 7.50. The van der Waals surface area contributed by atoms with Gasteiger partial charge >= 0.3 is 0 Å². The van der Waals surface area contributed by atoms with Crippen LogP contribution < -0.4 is 10.6 Å². The zero-order valence-electron chi connectivity index (χ0n) is 12.7. The largest absolute Gasteiger partial charge is 0.372 e. The van der Waals surface area contributed by atoms with Gasteiger partial charge in [-0.2, -0.15) is 10.2 Å². The minimum atomic E-state index is -0.765. The summed E-state index contributed by atoms with van der Waals surface area (Å²) in [5.41, 5.74) is 1.65. The number of amides is 1. The molecule has 1 amide bonds. The van der Waals surface area contributed by atoms with Crippen LogP contribution in [0.15, 0.2) is 60.0 Å². The van der Waals surface area contributed by atoms with E-state index in [1.807, 2.05) is 30.3 Å². The van der Waals surface area contributed by atoms with E-state index in [4.69, 9.17) is 0 Å². The molecule has 8 heteroatoms. The number of nitrogens with zero attached hydrogens (tertiary/aromatic N) is 5. The fourth-order valence-corrected chi connectivity index (χ4v) is 2.60. The second kappa shape index (κ2) is 5.99. The highest BCUT2D eigenvalue weighted by atomic mass is 16.2. The maximum atomic E-state index is 12.9. The van der Waals surface area contributed by atoms with Crippen LogP contribution in [0.2, 0.25) is 0 Å². The number of hydrogen-bond acceptors (Lipinski definition) is 5. The molecule has 0 aliphatic carbocycles. The molecule has 3 aromatic rings. The summed E-state index contributed by atoms with van der Waals surface area (Å²) >= 11 is 0. The van der Waals surface area contributed by atoms with E-state index in [1.165, 1.54) is 0 Å². The van der Waals surface area contributed by atoms with Crippen molar-refractivity contribution in [2.24, 2.45) is 4.99 Å². The van der Waals surface area contributed by atoms with Gasteiger partial charge in [0.15, 0.2) is 5.82 Å². The summed E-state index contributed by atoms with van der Waals surface area (Å²) in [6.45, 7) is 0.630. The monoisotopic (exact) mass is 321 g/mol. The Bertz CT molecular complexity index is 867. The van der Waals surface area contributed by atoms with Gasteiger partial charge in [0.25, 0.3) is 5.91 Å². The van der Waals surface area contributed by atoms with Crippen LogP contribution in [0.4, 0.5) is 11.5 Å². The van der Waals surface area contributed by atoms with Gasteiger partial charge in [-0.05, 0) is 18.2 Å². The van der Waals surface area contributed by atoms with E-state index >= 15 is 0 Å². The molecule has 3 heterocycles. The number of para-hydroxylation sites is 1. The topological polar surface area (TPSA) is 89.1 Å². The highest BCUT2D eigenvalue weighted by Gasteiger charge is 2.28. The van der Waals surface area contributed by atoms with Crippen molar-refractivity contribution in [1.29, 1.82) is 0 Å². The van der Waals surface area contributed by atoms with Crippen molar-refractivity contribution in [2.75, 3.05) is 5.32 Å². The molecular formula is C16H15N7O. The van der Waals surface area contributed by atoms with Gasteiger partial charge in [-0.1, -0.05) is 18.2 Å². The first kappa shape index (κ1) is 14.2. The van der Waals surface area contributed by atoms with Crippen molar-refractivity contribution in [1.82, 2.24) is 24.9 Å². The van der Waals surface area contributed by atoms with Crippen LogP contribution in [0, 0.1) is 0 Å². The zero-order valence-corrected chi connectivity index (χ0v) is 12.7. The third-order valence-corrected chi connectivity index (χ3v) is 3.70. The molecule has 120 valence electrons. The average molecular weight is 321 g/mol. The van der Waals surface area contributed by atoms with E-state index in [-0.39, 0.29) is 5.91 Å². The molecule has 1 aliphatic heterocycles. The number of aliphatic imine (C=N–C) groups is 1. The van der Waals surface area contributed by atoms with Gasteiger partial charge in [0, 0.05) is 30.2 Å². The van der Waals surface area contributed by atoms with Gasteiger partial charge in [-0.25, -0.2) is 14.4 Å². The molecule has 2 aromatic heterocycles. The van der Waals surface area contributed by atoms with E-state index in [0.717, 1.165) is 5.56 Å². The smallest absolute Gasteiger partial charge is 0.271 e. The van der Waals surface area contributed by atoms with Crippen LogP contribution in [0.25, 0.3) is 0 Å². The summed E-state index contributed by atoms with van der Waals surface area (Å²) in [5.74, 6) is 0.405. The van der Waals surface area contributed by atoms with Crippen molar-refractivity contribution in [3.63, 3.8) is 0 Å². The van der Waals surface area contributed by atoms with Gasteiger partial charge in [-0.15, -0.1) is 0 Å². The highest BCUT2D eigenvalue weighted by molar-refractivity contribution is 5.93. The number of aromatic nitrogens is 4. The van der Waals surface area contributed by atoms with Crippen LogP contribution in [-0.4, -0.2) is 31.8 Å². The number of rotatable bonds is 4. The fraction of sp³-hybridized carbons (Fsp3) is 0.125. The van der Waals surface area contributed by atoms with Crippen LogP contribution >= 0.6 is 0 Å². The predicted molar refractivity (Wildman–Crippen MR) is 89.0 cm³/mol. The molecular weight excluding hydrogens is 306 g/mol. The van der Waals surface area contributed by atoms with E-state index in [9.17, 15) is 4.79 Å². The number of hydrogen-bond donors (Lipinski definition) is 2. The van der Waals surface area contributed by atoms with Crippen LogP contribution in [0.5, 0.6) is 0 Å². The standard InChI is InChI=1S/C16H15N7O/c24-15(21-13-5-2-1-3-6-13)16(22-8-4-7-19-22)23-14-12(10-20-23)9-17-11-18-14/h1-8,10-11,16H,9H2,(H,17,18)(H,21,24). The molecule has 24 heavy (non-hydrogen) atoms. The second-order valence-corrected chi connectivity index (χ2v) is 5.29. The molecule has 2 N–H and O–H groups in total. The normalized spacial score (nSPS) is 13.8. The third-order valence-electron chi connectivity index (χ3n) is 3.70. The summed E-state index contributed by atoms with van der Waals surface area (Å²) in [5, 5.41) is 14.5. The van der Waals surface area contributed by atoms with Crippen LogP contribution in [0.3, 0.4) is 0 Å². The van der Waals surface area contributed by atoms with Crippen molar-refractivity contribution >= 4 is 23.8 Å². The van der Waals surface area contributed by atoms with Gasteiger partial charge in [0.2, 0.25) is 6.17 Å². The lowest BCUT2D eigenvalue weighted by Crippen LogP contribution is -2.33. The molecule has 8 nitrogen and oxygen atoms in total. The summed E-state index contributed by atoms with van der Waals surface area (Å²) < 4.78 is 3.14. The van der Waals surface area contributed by atoms with Gasteiger partial charge in [-0.3, -0.25) is 4.79 Å². The number of carbonyl (C=O) groups is 1. The quantitative estimate of drug-likeness (QED) is 0.762. The molecule has 0 bridgehead atoms. The molecule has 0 saturated heterocycles. The molecule has 0 fully saturated rings. The number of carbonyl (C=O) groups excluding carboxylic acids is 1. The predicted octanol–water partition coefficient (Wildman–Crippen LogP) is 1.53. The van der Waals surface area contributed by atoms with Gasteiger partial charge in [0.05, 0.1) is 12.5 Å². The average Bonchev–Trinajstić information content (AvgIpc) is 3.27. The maximum Gasteiger partial charge on any atom is 0.271 e. The Labute approximate surface area is 137 Å². The third kappa shape index (κ3) is 2.54. The number of nitrogens with one attached hydrogen (secondary N) is 2. The van der Waals surface area contributed by atoms with E-state index in [2.05, 4.69) is 25.8 Å². The highest BCUT2D eigenvalue weighted by Crippen LogP contribution is 2.26. The summed E-state index contributed by atoms with van der Waals surface area (Å²) in [7, 11) is 0. The van der Waals surface area contributed by atoms with Crippen molar-refractivity contribution < 1.29 is 4.79 Å². The molecule has 0 spiro atoms. The van der Waals surface area contributed by atoms with Crippen molar-refractivity contribution in [3.05, 3.63) is 60.6 Å². The Hall–Kier alpha value is -3.42. The summed E-state index contributed by atoms with van der Waals surface area (Å²) in [6, 6.07) is 11.1. The number of fused-ring (bicyclic) bond motifs is 1. The lowest BCUT2D eigenvalue weighted by atomic mass is 10.3. The SMILES string of the molecule is O=C(Nc1ccccc1)C(n1cccn1)n1ncc2c1N=CNC2. The Morgan fingerprint density at radius 2 is 2.08 bits per heavy atom. The van der Waals surface area contributed by atoms with E-state index in [0.29, 0.717) is 18.1 Å². The molecule has 1 unspecified atom stereocenters. The number of anilines is 1. The summed E-state index contributed by atoms with van der Waals surface area (Å²) in [6.07, 6.45) is 5.91. The molecule has 1 atom stereocenters. The first-order valence-corrected chi connectivity index (χ1v) is 7.50. The molecule has 1 aliphatic rings. The Morgan fingerprint density at radius 3 is 2.88 bits per heavy atom.